The number of amides is 1. The Hall–Kier alpha value is -1.07. The van der Waals surface area contributed by atoms with Crippen molar-refractivity contribution in [1.29, 1.82) is 0 Å². The van der Waals surface area contributed by atoms with E-state index < -0.39 is 11.7 Å². The highest BCUT2D eigenvalue weighted by atomic mass is 16.6. The zero-order valence-corrected chi connectivity index (χ0v) is 10.8. The van der Waals surface area contributed by atoms with Crippen molar-refractivity contribution in [3.05, 3.63) is 12.2 Å². The van der Waals surface area contributed by atoms with Gasteiger partial charge in [0.15, 0.2) is 0 Å². The van der Waals surface area contributed by atoms with E-state index in [1.807, 2.05) is 33.8 Å². The van der Waals surface area contributed by atoms with Gasteiger partial charge in [-0.05, 0) is 27.7 Å². The maximum Gasteiger partial charge on any atom is 0.408 e. The number of ether oxygens (including phenoxy) is 2. The zero-order valence-electron chi connectivity index (χ0n) is 10.8. The Morgan fingerprint density at radius 3 is 2.59 bits per heavy atom. The summed E-state index contributed by atoms with van der Waals surface area (Å²) in [7, 11) is 0. The van der Waals surface area contributed by atoms with Gasteiger partial charge < -0.3 is 19.9 Å². The lowest BCUT2D eigenvalue weighted by Gasteiger charge is -2.30. The third kappa shape index (κ3) is 4.75. The van der Waals surface area contributed by atoms with Crippen LogP contribution in [0, 0.1) is 0 Å². The smallest absolute Gasteiger partial charge is 0.408 e. The van der Waals surface area contributed by atoms with E-state index in [2.05, 4.69) is 5.32 Å². The van der Waals surface area contributed by atoms with E-state index in [-0.39, 0.29) is 24.9 Å². The Balaban J connectivity index is 2.50. The van der Waals surface area contributed by atoms with Gasteiger partial charge in [0.1, 0.15) is 5.60 Å². The predicted octanol–water partition coefficient (Wildman–Crippen LogP) is 1.22. The number of aliphatic hydroxyl groups excluding tert-OH is 1. The summed E-state index contributed by atoms with van der Waals surface area (Å²) in [6.07, 6.45) is 2.61. The second-order valence-corrected chi connectivity index (χ2v) is 5.12. The van der Waals surface area contributed by atoms with Crippen molar-refractivity contribution in [3.8, 4) is 0 Å². The second-order valence-electron chi connectivity index (χ2n) is 5.12. The van der Waals surface area contributed by atoms with Crippen LogP contribution in [-0.4, -0.2) is 41.7 Å². The molecule has 1 aliphatic heterocycles. The lowest BCUT2D eigenvalue weighted by molar-refractivity contribution is -0.0262. The minimum Gasteiger partial charge on any atom is -0.444 e. The Morgan fingerprint density at radius 1 is 1.47 bits per heavy atom. The van der Waals surface area contributed by atoms with Crippen LogP contribution in [0.4, 0.5) is 4.79 Å². The second kappa shape index (κ2) is 5.51. The van der Waals surface area contributed by atoms with Gasteiger partial charge in [-0.2, -0.15) is 0 Å². The number of hydrogen-bond donors (Lipinski definition) is 2. The molecular formula is C12H21NO4. The van der Waals surface area contributed by atoms with E-state index in [9.17, 15) is 4.79 Å². The van der Waals surface area contributed by atoms with Crippen molar-refractivity contribution in [2.45, 2.75) is 51.5 Å². The molecule has 2 N–H and O–H groups in total. The number of carbonyl (C=O) groups is 1. The fourth-order valence-electron chi connectivity index (χ4n) is 1.52. The Kier molecular flexibility index (Phi) is 4.54. The molecule has 0 saturated heterocycles. The van der Waals surface area contributed by atoms with Gasteiger partial charge in [-0.3, -0.25) is 0 Å². The summed E-state index contributed by atoms with van der Waals surface area (Å²) < 4.78 is 10.6. The molecule has 5 nitrogen and oxygen atoms in total. The molecule has 0 aromatic carbocycles. The van der Waals surface area contributed by atoms with Crippen molar-refractivity contribution < 1.29 is 19.4 Å². The summed E-state index contributed by atoms with van der Waals surface area (Å²) in [5.41, 5.74) is -0.514. The molecule has 0 aromatic rings. The van der Waals surface area contributed by atoms with Crippen LogP contribution in [0.3, 0.4) is 0 Å². The van der Waals surface area contributed by atoms with E-state index in [0.717, 1.165) is 0 Å². The van der Waals surface area contributed by atoms with Gasteiger partial charge in [-0.25, -0.2) is 4.79 Å². The van der Waals surface area contributed by atoms with Crippen LogP contribution in [0.25, 0.3) is 0 Å². The first kappa shape index (κ1) is 14.0. The molecule has 0 aliphatic carbocycles. The first-order valence-corrected chi connectivity index (χ1v) is 5.76. The first-order chi connectivity index (χ1) is 7.81. The summed E-state index contributed by atoms with van der Waals surface area (Å²) in [5.74, 6) is 0. The average Bonchev–Trinajstić information content (AvgIpc) is 2.18. The molecule has 3 atom stereocenters. The molecule has 98 valence electrons. The monoisotopic (exact) mass is 243 g/mol. The fourth-order valence-corrected chi connectivity index (χ4v) is 1.52. The minimum atomic E-state index is -0.514. The molecule has 1 aliphatic rings. The van der Waals surface area contributed by atoms with Crippen LogP contribution in [0.1, 0.15) is 27.7 Å². The minimum absolute atomic E-state index is 0.0556. The summed E-state index contributed by atoms with van der Waals surface area (Å²) >= 11 is 0. The molecule has 0 aromatic heterocycles. The fraction of sp³-hybridized carbons (Fsp3) is 0.750. The van der Waals surface area contributed by atoms with E-state index in [1.54, 1.807) is 6.08 Å². The summed E-state index contributed by atoms with van der Waals surface area (Å²) in [6, 6.07) is -0.229. The molecule has 0 bridgehead atoms. The van der Waals surface area contributed by atoms with Crippen molar-refractivity contribution >= 4 is 6.09 Å². The Morgan fingerprint density at radius 2 is 2.12 bits per heavy atom. The van der Waals surface area contributed by atoms with Crippen molar-refractivity contribution in [2.24, 2.45) is 0 Å². The molecule has 1 rings (SSSR count). The number of aliphatic hydroxyl groups is 1. The quantitative estimate of drug-likeness (QED) is 0.715. The molecule has 0 unspecified atom stereocenters. The number of alkyl carbamates (subject to hydrolysis) is 1. The molecule has 0 radical (unpaired) electrons. The predicted molar refractivity (Wildman–Crippen MR) is 63.7 cm³/mol. The van der Waals surface area contributed by atoms with E-state index in [4.69, 9.17) is 14.6 Å². The van der Waals surface area contributed by atoms with Gasteiger partial charge in [0.25, 0.3) is 0 Å². The first-order valence-electron chi connectivity index (χ1n) is 5.76. The lowest BCUT2D eigenvalue weighted by Crippen LogP contribution is -2.47. The van der Waals surface area contributed by atoms with Crippen molar-refractivity contribution in [3.63, 3.8) is 0 Å². The lowest BCUT2D eigenvalue weighted by atomic mass is 10.1. The van der Waals surface area contributed by atoms with Gasteiger partial charge >= 0.3 is 6.09 Å². The molecule has 0 spiro atoms. The third-order valence-electron chi connectivity index (χ3n) is 2.29. The van der Waals surface area contributed by atoms with Gasteiger partial charge in [-0.15, -0.1) is 0 Å². The number of nitrogens with one attached hydrogen (secondary N) is 1. The van der Waals surface area contributed by atoms with E-state index in [0.29, 0.717) is 0 Å². The summed E-state index contributed by atoms with van der Waals surface area (Å²) in [5, 5.41) is 11.7. The van der Waals surface area contributed by atoms with Crippen LogP contribution < -0.4 is 5.32 Å². The third-order valence-corrected chi connectivity index (χ3v) is 2.29. The highest BCUT2D eigenvalue weighted by Gasteiger charge is 2.26. The normalized spacial score (nSPS) is 28.9. The molecule has 5 heteroatoms. The van der Waals surface area contributed by atoms with Crippen LogP contribution in [0.5, 0.6) is 0 Å². The number of carbonyl (C=O) groups excluding carboxylic acids is 1. The van der Waals surface area contributed by atoms with Gasteiger partial charge in [0.05, 0.1) is 24.9 Å². The van der Waals surface area contributed by atoms with Crippen molar-refractivity contribution in [1.82, 2.24) is 5.32 Å². The molecule has 0 saturated carbocycles. The van der Waals surface area contributed by atoms with Crippen LogP contribution in [0.15, 0.2) is 12.2 Å². The molecule has 17 heavy (non-hydrogen) atoms. The van der Waals surface area contributed by atoms with Crippen LogP contribution in [-0.2, 0) is 9.47 Å². The molecular weight excluding hydrogens is 222 g/mol. The van der Waals surface area contributed by atoms with Crippen LogP contribution in [0.2, 0.25) is 0 Å². The van der Waals surface area contributed by atoms with Crippen molar-refractivity contribution in [2.75, 3.05) is 6.61 Å². The van der Waals surface area contributed by atoms with E-state index >= 15 is 0 Å². The maximum atomic E-state index is 11.6. The summed E-state index contributed by atoms with van der Waals surface area (Å²) in [4.78, 5) is 11.6. The topological polar surface area (TPSA) is 67.8 Å². The highest BCUT2D eigenvalue weighted by molar-refractivity contribution is 5.68. The van der Waals surface area contributed by atoms with Gasteiger partial charge in [0.2, 0.25) is 0 Å². The van der Waals surface area contributed by atoms with Gasteiger partial charge in [0, 0.05) is 0 Å². The van der Waals surface area contributed by atoms with E-state index in [1.165, 1.54) is 0 Å². The Bertz CT molecular complexity index is 295. The molecule has 1 heterocycles. The standard InChI is InChI=1S/C12H21NO4/c1-8-10(6-5-9(7-14)16-8)13-11(15)17-12(2,3)4/h5-6,8-10,14H,7H2,1-4H3,(H,13,15)/t8-,9+,10-/m1/s1. The number of rotatable bonds is 2. The average molecular weight is 243 g/mol. The molecule has 0 fully saturated rings. The largest absolute Gasteiger partial charge is 0.444 e. The highest BCUT2D eigenvalue weighted by Crippen LogP contribution is 2.13. The number of hydrogen-bond acceptors (Lipinski definition) is 4. The van der Waals surface area contributed by atoms with Crippen LogP contribution >= 0.6 is 0 Å². The molecule has 1 amide bonds. The SMILES string of the molecule is C[C@H]1O[C@H](CO)C=C[C@H]1NC(=O)OC(C)(C)C. The maximum absolute atomic E-state index is 11.6. The Labute approximate surface area is 102 Å². The zero-order chi connectivity index (χ0) is 13.1. The summed E-state index contributed by atoms with van der Waals surface area (Å²) in [6.45, 7) is 7.22. The van der Waals surface area contributed by atoms with Gasteiger partial charge in [-0.1, -0.05) is 12.2 Å².